The Labute approximate surface area is 101 Å². The Bertz CT molecular complexity index is 488. The normalized spacial score (nSPS) is 11.2. The van der Waals surface area contributed by atoms with Gasteiger partial charge >= 0.3 is 0 Å². The lowest BCUT2D eigenvalue weighted by atomic mass is 10.1. The largest absolute Gasteiger partial charge is 0.350 e. The lowest BCUT2D eigenvalue weighted by molar-refractivity contribution is 0.626. The predicted molar refractivity (Wildman–Crippen MR) is 68.6 cm³/mol. The highest BCUT2D eigenvalue weighted by molar-refractivity contribution is 5.58. The molecule has 0 amide bonds. The highest BCUT2D eigenvalue weighted by atomic mass is 15.1. The third-order valence-electron chi connectivity index (χ3n) is 2.10. The standard InChI is InChI=1S/C13H16N4/c1-13(2,3)17-12-15-8-6-11(16-12)10-5-4-7-14-9-10/h4-9H,1-3H3,(H,15,16,17). The highest BCUT2D eigenvalue weighted by Crippen LogP contribution is 2.17. The molecule has 2 heterocycles. The second-order valence-electron chi connectivity index (χ2n) is 4.88. The molecule has 17 heavy (non-hydrogen) atoms. The van der Waals surface area contributed by atoms with E-state index in [1.54, 1.807) is 18.6 Å². The van der Waals surface area contributed by atoms with E-state index in [0.717, 1.165) is 11.3 Å². The van der Waals surface area contributed by atoms with Gasteiger partial charge in [0.2, 0.25) is 5.95 Å². The zero-order valence-corrected chi connectivity index (χ0v) is 10.3. The van der Waals surface area contributed by atoms with Crippen molar-refractivity contribution in [3.05, 3.63) is 36.8 Å². The number of nitrogens with zero attached hydrogens (tertiary/aromatic N) is 3. The lowest BCUT2D eigenvalue weighted by Crippen LogP contribution is -2.27. The number of pyridine rings is 1. The average Bonchev–Trinajstić information content (AvgIpc) is 2.28. The van der Waals surface area contributed by atoms with Crippen LogP contribution in [0.25, 0.3) is 11.3 Å². The maximum absolute atomic E-state index is 4.47. The van der Waals surface area contributed by atoms with Crippen LogP contribution in [0.2, 0.25) is 0 Å². The van der Waals surface area contributed by atoms with Gasteiger partial charge in [0.05, 0.1) is 5.69 Å². The maximum atomic E-state index is 4.47. The van der Waals surface area contributed by atoms with E-state index in [0.29, 0.717) is 5.95 Å². The van der Waals surface area contributed by atoms with Crippen molar-refractivity contribution in [1.82, 2.24) is 15.0 Å². The van der Waals surface area contributed by atoms with Crippen LogP contribution in [0.15, 0.2) is 36.8 Å². The molecular weight excluding hydrogens is 212 g/mol. The Morgan fingerprint density at radius 3 is 2.59 bits per heavy atom. The van der Waals surface area contributed by atoms with E-state index in [1.165, 1.54) is 0 Å². The second-order valence-corrected chi connectivity index (χ2v) is 4.88. The van der Waals surface area contributed by atoms with Gasteiger partial charge in [0.1, 0.15) is 0 Å². The molecule has 88 valence electrons. The van der Waals surface area contributed by atoms with Gasteiger partial charge in [0.15, 0.2) is 0 Å². The van der Waals surface area contributed by atoms with Crippen LogP contribution in [0, 0.1) is 0 Å². The maximum Gasteiger partial charge on any atom is 0.223 e. The van der Waals surface area contributed by atoms with Gasteiger partial charge in [-0.05, 0) is 39.0 Å². The molecule has 0 aromatic carbocycles. The first-order chi connectivity index (χ1) is 8.04. The van der Waals surface area contributed by atoms with E-state index in [-0.39, 0.29) is 5.54 Å². The van der Waals surface area contributed by atoms with Gasteiger partial charge in [-0.1, -0.05) is 0 Å². The van der Waals surface area contributed by atoms with Crippen LogP contribution in [0.4, 0.5) is 5.95 Å². The Morgan fingerprint density at radius 2 is 1.94 bits per heavy atom. The molecule has 2 aromatic heterocycles. The molecule has 2 rings (SSSR count). The van der Waals surface area contributed by atoms with Crippen LogP contribution in [0.3, 0.4) is 0 Å². The third kappa shape index (κ3) is 3.24. The van der Waals surface area contributed by atoms with Gasteiger partial charge in [-0.15, -0.1) is 0 Å². The van der Waals surface area contributed by atoms with Crippen molar-refractivity contribution < 1.29 is 0 Å². The van der Waals surface area contributed by atoms with Gasteiger partial charge in [0, 0.05) is 29.7 Å². The quantitative estimate of drug-likeness (QED) is 0.858. The minimum absolute atomic E-state index is 0.0481. The third-order valence-corrected chi connectivity index (χ3v) is 2.10. The fourth-order valence-corrected chi connectivity index (χ4v) is 1.43. The molecule has 0 radical (unpaired) electrons. The summed E-state index contributed by atoms with van der Waals surface area (Å²) in [6.07, 6.45) is 5.30. The first kappa shape index (κ1) is 11.5. The van der Waals surface area contributed by atoms with E-state index in [1.807, 2.05) is 18.2 Å². The Kier molecular flexibility index (Phi) is 3.04. The summed E-state index contributed by atoms with van der Waals surface area (Å²) in [6.45, 7) is 6.23. The topological polar surface area (TPSA) is 50.7 Å². The molecule has 0 aliphatic heterocycles. The molecule has 0 saturated carbocycles. The van der Waals surface area contributed by atoms with Gasteiger partial charge in [-0.25, -0.2) is 9.97 Å². The van der Waals surface area contributed by atoms with Crippen molar-refractivity contribution in [3.63, 3.8) is 0 Å². The monoisotopic (exact) mass is 228 g/mol. The van der Waals surface area contributed by atoms with Crippen LogP contribution in [-0.2, 0) is 0 Å². The van der Waals surface area contributed by atoms with Crippen LogP contribution in [-0.4, -0.2) is 20.5 Å². The number of aromatic nitrogens is 3. The van der Waals surface area contributed by atoms with Crippen LogP contribution in [0.5, 0.6) is 0 Å². The summed E-state index contributed by atoms with van der Waals surface area (Å²) < 4.78 is 0. The second kappa shape index (κ2) is 4.49. The van der Waals surface area contributed by atoms with Crippen molar-refractivity contribution in [2.75, 3.05) is 5.32 Å². The van der Waals surface area contributed by atoms with E-state index >= 15 is 0 Å². The molecule has 1 N–H and O–H groups in total. The van der Waals surface area contributed by atoms with Crippen LogP contribution >= 0.6 is 0 Å². The summed E-state index contributed by atoms with van der Waals surface area (Å²) in [5.41, 5.74) is 1.82. The van der Waals surface area contributed by atoms with Crippen molar-refractivity contribution >= 4 is 5.95 Å². The van der Waals surface area contributed by atoms with Crippen molar-refractivity contribution in [3.8, 4) is 11.3 Å². The summed E-state index contributed by atoms with van der Waals surface area (Å²) in [7, 11) is 0. The summed E-state index contributed by atoms with van der Waals surface area (Å²) in [4.78, 5) is 12.8. The molecule has 0 aliphatic rings. The van der Waals surface area contributed by atoms with E-state index in [4.69, 9.17) is 0 Å². The molecular formula is C13H16N4. The molecule has 4 heteroatoms. The van der Waals surface area contributed by atoms with Crippen LogP contribution in [0.1, 0.15) is 20.8 Å². The fraction of sp³-hybridized carbons (Fsp3) is 0.308. The number of nitrogens with one attached hydrogen (secondary N) is 1. The Balaban J connectivity index is 2.29. The van der Waals surface area contributed by atoms with E-state index in [2.05, 4.69) is 41.0 Å². The molecule has 0 aliphatic carbocycles. The molecule has 0 bridgehead atoms. The van der Waals surface area contributed by atoms with Gasteiger partial charge in [-0.3, -0.25) is 4.98 Å². The molecule has 0 fully saturated rings. The zero-order chi connectivity index (χ0) is 12.3. The van der Waals surface area contributed by atoms with Crippen molar-refractivity contribution in [2.24, 2.45) is 0 Å². The molecule has 0 saturated heterocycles. The molecule has 0 spiro atoms. The van der Waals surface area contributed by atoms with Crippen LogP contribution < -0.4 is 5.32 Å². The van der Waals surface area contributed by atoms with Crippen molar-refractivity contribution in [2.45, 2.75) is 26.3 Å². The lowest BCUT2D eigenvalue weighted by Gasteiger charge is -2.20. The molecule has 0 atom stereocenters. The van der Waals surface area contributed by atoms with E-state index in [9.17, 15) is 0 Å². The number of anilines is 1. The summed E-state index contributed by atoms with van der Waals surface area (Å²) >= 11 is 0. The molecule has 2 aromatic rings. The summed E-state index contributed by atoms with van der Waals surface area (Å²) in [5, 5.41) is 3.25. The highest BCUT2D eigenvalue weighted by Gasteiger charge is 2.11. The number of rotatable bonds is 2. The zero-order valence-electron chi connectivity index (χ0n) is 10.3. The molecule has 0 unspecified atom stereocenters. The summed E-state index contributed by atoms with van der Waals surface area (Å²) in [6, 6.07) is 5.76. The number of hydrogen-bond donors (Lipinski definition) is 1. The van der Waals surface area contributed by atoms with E-state index < -0.39 is 0 Å². The molecule has 4 nitrogen and oxygen atoms in total. The first-order valence-corrected chi connectivity index (χ1v) is 5.56. The van der Waals surface area contributed by atoms with Gasteiger partial charge < -0.3 is 5.32 Å². The average molecular weight is 228 g/mol. The first-order valence-electron chi connectivity index (χ1n) is 5.56. The van der Waals surface area contributed by atoms with Gasteiger partial charge in [-0.2, -0.15) is 0 Å². The summed E-state index contributed by atoms with van der Waals surface area (Å²) in [5.74, 6) is 0.638. The minimum atomic E-state index is -0.0481. The minimum Gasteiger partial charge on any atom is -0.350 e. The predicted octanol–water partition coefficient (Wildman–Crippen LogP) is 2.75. The Morgan fingerprint density at radius 1 is 1.12 bits per heavy atom. The Hall–Kier alpha value is -1.97. The fourth-order valence-electron chi connectivity index (χ4n) is 1.43. The van der Waals surface area contributed by atoms with Gasteiger partial charge in [0.25, 0.3) is 0 Å². The number of hydrogen-bond acceptors (Lipinski definition) is 4. The SMILES string of the molecule is CC(C)(C)Nc1nccc(-c2cccnc2)n1. The smallest absolute Gasteiger partial charge is 0.223 e. The van der Waals surface area contributed by atoms with Crippen molar-refractivity contribution in [1.29, 1.82) is 0 Å².